The van der Waals surface area contributed by atoms with Crippen molar-refractivity contribution in [1.82, 2.24) is 9.71 Å². The molecule has 0 radical (unpaired) electrons. The van der Waals surface area contributed by atoms with Crippen LogP contribution in [0.4, 0.5) is 5.82 Å². The van der Waals surface area contributed by atoms with Gasteiger partial charge in [0, 0.05) is 41.6 Å². The van der Waals surface area contributed by atoms with Crippen LogP contribution in [0, 0.1) is 0 Å². The SMILES string of the molecule is CCCNc1ccc(S(=O)(=O)NCC(C)S(C)=O)cn1. The first-order chi connectivity index (χ1) is 9.36. The number of anilines is 1. The van der Waals surface area contributed by atoms with Crippen LogP contribution in [0.3, 0.4) is 0 Å². The summed E-state index contributed by atoms with van der Waals surface area (Å²) in [6.45, 7) is 4.70. The monoisotopic (exact) mass is 319 g/mol. The zero-order valence-corrected chi connectivity index (χ0v) is 13.6. The third kappa shape index (κ3) is 5.18. The second kappa shape index (κ2) is 7.70. The first kappa shape index (κ1) is 17.1. The lowest BCUT2D eigenvalue weighted by Crippen LogP contribution is -2.32. The van der Waals surface area contributed by atoms with E-state index in [1.165, 1.54) is 12.3 Å². The molecule has 6 nitrogen and oxygen atoms in total. The molecule has 2 atom stereocenters. The lowest BCUT2D eigenvalue weighted by atomic mass is 10.4. The molecule has 1 heterocycles. The van der Waals surface area contributed by atoms with Crippen LogP contribution in [-0.4, -0.2) is 42.2 Å². The molecule has 2 N–H and O–H groups in total. The standard InChI is InChI=1S/C12H21N3O3S2/c1-4-7-13-12-6-5-11(9-14-12)20(17,18)15-8-10(2)19(3)16/h5-6,9-10,15H,4,7-8H2,1-3H3,(H,13,14). The van der Waals surface area contributed by atoms with Gasteiger partial charge in [0.25, 0.3) is 0 Å². The van der Waals surface area contributed by atoms with Crippen molar-refractivity contribution in [2.45, 2.75) is 30.4 Å². The van der Waals surface area contributed by atoms with E-state index in [1.54, 1.807) is 19.2 Å². The molecular formula is C12H21N3O3S2. The Hall–Kier alpha value is -0.990. The molecule has 0 saturated carbocycles. The Labute approximate surface area is 122 Å². The van der Waals surface area contributed by atoms with Crippen molar-refractivity contribution in [3.05, 3.63) is 18.3 Å². The van der Waals surface area contributed by atoms with Gasteiger partial charge in [-0.25, -0.2) is 18.1 Å². The lowest BCUT2D eigenvalue weighted by Gasteiger charge is -2.11. The van der Waals surface area contributed by atoms with Gasteiger partial charge in [-0.2, -0.15) is 0 Å². The van der Waals surface area contributed by atoms with E-state index in [9.17, 15) is 12.6 Å². The van der Waals surface area contributed by atoms with Gasteiger partial charge < -0.3 is 5.32 Å². The van der Waals surface area contributed by atoms with Crippen molar-refractivity contribution in [3.63, 3.8) is 0 Å². The van der Waals surface area contributed by atoms with E-state index in [1.807, 2.05) is 6.92 Å². The summed E-state index contributed by atoms with van der Waals surface area (Å²) in [6, 6.07) is 3.13. The minimum absolute atomic E-state index is 0.105. The van der Waals surface area contributed by atoms with Crippen molar-refractivity contribution in [2.75, 3.05) is 24.7 Å². The van der Waals surface area contributed by atoms with Crippen LogP contribution in [0.25, 0.3) is 0 Å². The van der Waals surface area contributed by atoms with Gasteiger partial charge in [0.15, 0.2) is 0 Å². The zero-order chi connectivity index (χ0) is 15.2. The number of hydrogen-bond donors (Lipinski definition) is 2. The predicted octanol–water partition coefficient (Wildman–Crippen LogP) is 0.949. The van der Waals surface area contributed by atoms with Crippen LogP contribution in [0.15, 0.2) is 23.2 Å². The zero-order valence-electron chi connectivity index (χ0n) is 11.9. The molecule has 0 amide bonds. The number of pyridine rings is 1. The molecular weight excluding hydrogens is 298 g/mol. The van der Waals surface area contributed by atoms with Crippen molar-refractivity contribution < 1.29 is 12.6 Å². The summed E-state index contributed by atoms with van der Waals surface area (Å²) in [6.07, 6.45) is 3.83. The number of rotatable bonds is 8. The second-order valence-electron chi connectivity index (χ2n) is 4.47. The van der Waals surface area contributed by atoms with E-state index in [0.717, 1.165) is 13.0 Å². The first-order valence-electron chi connectivity index (χ1n) is 6.38. The summed E-state index contributed by atoms with van der Waals surface area (Å²) in [5.41, 5.74) is 0. The van der Waals surface area contributed by atoms with E-state index >= 15 is 0 Å². The Morgan fingerprint density at radius 2 is 2.10 bits per heavy atom. The number of nitrogens with zero attached hydrogens (tertiary/aromatic N) is 1. The van der Waals surface area contributed by atoms with Crippen LogP contribution in [0.5, 0.6) is 0 Å². The number of aromatic nitrogens is 1. The highest BCUT2D eigenvalue weighted by atomic mass is 32.2. The third-order valence-corrected chi connectivity index (χ3v) is 5.44. The summed E-state index contributed by atoms with van der Waals surface area (Å²) in [7, 11) is -4.66. The van der Waals surface area contributed by atoms with Gasteiger partial charge in [0.1, 0.15) is 10.7 Å². The fourth-order valence-corrected chi connectivity index (χ4v) is 2.82. The summed E-state index contributed by atoms with van der Waals surface area (Å²) >= 11 is 0. The Morgan fingerprint density at radius 1 is 1.40 bits per heavy atom. The topological polar surface area (TPSA) is 88.2 Å². The van der Waals surface area contributed by atoms with E-state index in [-0.39, 0.29) is 16.7 Å². The normalized spacial score (nSPS) is 14.8. The van der Waals surface area contributed by atoms with Gasteiger partial charge in [-0.05, 0) is 25.5 Å². The molecule has 0 aliphatic rings. The molecule has 1 aromatic rings. The molecule has 20 heavy (non-hydrogen) atoms. The molecule has 1 aromatic heterocycles. The fourth-order valence-electron chi connectivity index (χ4n) is 1.32. The van der Waals surface area contributed by atoms with Crippen molar-refractivity contribution in [1.29, 1.82) is 0 Å². The summed E-state index contributed by atoms with van der Waals surface area (Å²) in [5.74, 6) is 0.647. The smallest absolute Gasteiger partial charge is 0.242 e. The molecule has 8 heteroatoms. The van der Waals surface area contributed by atoms with Crippen LogP contribution < -0.4 is 10.0 Å². The molecule has 0 spiro atoms. The highest BCUT2D eigenvalue weighted by Crippen LogP contribution is 2.10. The Bertz CT molecular complexity index is 544. The van der Waals surface area contributed by atoms with Crippen molar-refractivity contribution >= 4 is 26.6 Å². The average Bonchev–Trinajstić information content (AvgIpc) is 2.43. The molecule has 0 fully saturated rings. The number of sulfonamides is 1. The molecule has 0 bridgehead atoms. The summed E-state index contributed by atoms with van der Waals surface area (Å²) in [4.78, 5) is 4.16. The van der Waals surface area contributed by atoms with Crippen molar-refractivity contribution in [2.24, 2.45) is 0 Å². The van der Waals surface area contributed by atoms with Crippen LogP contribution in [-0.2, 0) is 20.8 Å². The highest BCUT2D eigenvalue weighted by Gasteiger charge is 2.16. The Balaban J connectivity index is 2.70. The molecule has 0 saturated heterocycles. The lowest BCUT2D eigenvalue weighted by molar-refractivity contribution is 0.580. The predicted molar refractivity (Wildman–Crippen MR) is 81.7 cm³/mol. The minimum Gasteiger partial charge on any atom is -0.370 e. The Kier molecular flexibility index (Phi) is 6.57. The fraction of sp³-hybridized carbons (Fsp3) is 0.583. The molecule has 0 aliphatic heterocycles. The average molecular weight is 319 g/mol. The number of hydrogen-bond acceptors (Lipinski definition) is 5. The molecule has 0 aliphatic carbocycles. The highest BCUT2D eigenvalue weighted by molar-refractivity contribution is 7.89. The van der Waals surface area contributed by atoms with E-state index < -0.39 is 20.8 Å². The quantitative estimate of drug-likeness (QED) is 0.745. The van der Waals surface area contributed by atoms with Gasteiger partial charge in [0.05, 0.1) is 0 Å². The molecule has 0 aromatic carbocycles. The van der Waals surface area contributed by atoms with Gasteiger partial charge in [0.2, 0.25) is 10.0 Å². The molecule has 2 unspecified atom stereocenters. The van der Waals surface area contributed by atoms with Crippen LogP contribution >= 0.6 is 0 Å². The van der Waals surface area contributed by atoms with Gasteiger partial charge in [-0.15, -0.1) is 0 Å². The van der Waals surface area contributed by atoms with Crippen molar-refractivity contribution in [3.8, 4) is 0 Å². The number of nitrogens with one attached hydrogen (secondary N) is 2. The maximum atomic E-state index is 12.0. The molecule has 1 rings (SSSR count). The van der Waals surface area contributed by atoms with Gasteiger partial charge >= 0.3 is 0 Å². The van der Waals surface area contributed by atoms with Crippen LogP contribution in [0.1, 0.15) is 20.3 Å². The second-order valence-corrected chi connectivity index (χ2v) is 8.04. The first-order valence-corrected chi connectivity index (χ1v) is 9.49. The summed E-state index contributed by atoms with van der Waals surface area (Å²) in [5, 5.41) is 2.84. The maximum Gasteiger partial charge on any atom is 0.242 e. The minimum atomic E-state index is -3.60. The van der Waals surface area contributed by atoms with Crippen LogP contribution in [0.2, 0.25) is 0 Å². The van der Waals surface area contributed by atoms with E-state index in [2.05, 4.69) is 15.0 Å². The van der Waals surface area contributed by atoms with E-state index in [0.29, 0.717) is 5.82 Å². The Morgan fingerprint density at radius 3 is 2.60 bits per heavy atom. The summed E-state index contributed by atoms with van der Waals surface area (Å²) < 4.78 is 37.7. The maximum absolute atomic E-state index is 12.0. The van der Waals surface area contributed by atoms with Gasteiger partial charge in [-0.3, -0.25) is 4.21 Å². The van der Waals surface area contributed by atoms with E-state index in [4.69, 9.17) is 0 Å². The largest absolute Gasteiger partial charge is 0.370 e. The third-order valence-electron chi connectivity index (χ3n) is 2.73. The molecule has 114 valence electrons. The van der Waals surface area contributed by atoms with Gasteiger partial charge in [-0.1, -0.05) is 6.92 Å².